The van der Waals surface area contributed by atoms with Gasteiger partial charge in [-0.2, -0.15) is 0 Å². The van der Waals surface area contributed by atoms with Crippen molar-refractivity contribution in [3.05, 3.63) is 0 Å². The van der Waals surface area contributed by atoms with Crippen LogP contribution < -0.4 is 0 Å². The second-order valence-electron chi connectivity index (χ2n) is 4.81. The number of hydrogen-bond acceptors (Lipinski definition) is 2. The zero-order chi connectivity index (χ0) is 10.8. The first kappa shape index (κ1) is 12.4. The van der Waals surface area contributed by atoms with E-state index in [1.807, 2.05) is 25.7 Å². The second kappa shape index (κ2) is 4.93. The van der Waals surface area contributed by atoms with Gasteiger partial charge in [0, 0.05) is 0 Å². The average Bonchev–Trinajstić information content (AvgIpc) is 2.48. The van der Waals surface area contributed by atoms with Crippen LogP contribution in [0.15, 0.2) is 0 Å². The number of amides is 1. The minimum absolute atomic E-state index is 0.128. The third kappa shape index (κ3) is 3.86. The van der Waals surface area contributed by atoms with E-state index in [0.29, 0.717) is 0 Å². The molecule has 0 radical (unpaired) electrons. The third-order valence-corrected chi connectivity index (χ3v) is 6.00. The summed E-state index contributed by atoms with van der Waals surface area (Å²) < 4.78 is 8.54. The molecule has 0 aromatic carbocycles. The van der Waals surface area contributed by atoms with Crippen molar-refractivity contribution in [2.45, 2.75) is 39.3 Å². The van der Waals surface area contributed by atoms with Crippen molar-refractivity contribution in [1.29, 1.82) is 0 Å². The molecule has 79 valence electrons. The number of carbonyl (C=O) groups excluding carboxylic acids is 1. The quantitative estimate of drug-likeness (QED) is 0.735. The van der Waals surface area contributed by atoms with Gasteiger partial charge in [-0.3, -0.25) is 0 Å². The Bertz CT molecular complexity index is 213. The second-order valence-corrected chi connectivity index (χ2v) is 8.76. The molecule has 0 spiro atoms. The zero-order valence-corrected chi connectivity index (χ0v) is 12.4. The van der Waals surface area contributed by atoms with Crippen molar-refractivity contribution in [1.82, 2.24) is 4.90 Å². The Hall–Kier alpha value is 0.374. The Balaban J connectivity index is 2.40. The summed E-state index contributed by atoms with van der Waals surface area (Å²) in [5.74, 6) is 0. The summed E-state index contributed by atoms with van der Waals surface area (Å²) in [6, 6.07) is 0. The van der Waals surface area contributed by atoms with Gasteiger partial charge < -0.3 is 0 Å². The van der Waals surface area contributed by atoms with E-state index in [0.717, 1.165) is 15.8 Å². The molecule has 0 aromatic heterocycles. The van der Waals surface area contributed by atoms with Gasteiger partial charge in [0.2, 0.25) is 0 Å². The van der Waals surface area contributed by atoms with Crippen LogP contribution in [0.1, 0.15) is 27.2 Å². The number of likely N-dealkylation sites (tertiary alicyclic amines) is 1. The Kier molecular flexibility index (Phi) is 4.38. The monoisotopic (exact) mass is 274 g/mol. The first-order valence-electron chi connectivity index (χ1n) is 5.20. The van der Waals surface area contributed by atoms with Crippen molar-refractivity contribution in [2.75, 3.05) is 13.1 Å². The summed E-state index contributed by atoms with van der Waals surface area (Å²) in [6.45, 7) is 7.59. The van der Waals surface area contributed by atoms with Gasteiger partial charge in [0.25, 0.3) is 0 Å². The van der Waals surface area contributed by atoms with Gasteiger partial charge in [0.1, 0.15) is 0 Å². The SMILES string of the molecule is [CH3][Y][CH]1CCN(C(=O)OC(C)(C)C)C1. The van der Waals surface area contributed by atoms with Gasteiger partial charge in [-0.15, -0.1) is 0 Å². The molecular weight excluding hydrogens is 255 g/mol. The number of nitrogens with zero attached hydrogens (tertiary/aromatic N) is 1. The van der Waals surface area contributed by atoms with Crippen LogP contribution in [0.2, 0.25) is 6.46 Å². The zero-order valence-electron chi connectivity index (χ0n) is 9.54. The van der Waals surface area contributed by atoms with E-state index in [4.69, 9.17) is 4.74 Å². The summed E-state index contributed by atoms with van der Waals surface area (Å²) in [5, 5.41) is 0. The van der Waals surface area contributed by atoms with E-state index in [2.05, 4.69) is 3.73 Å². The Morgan fingerprint density at radius 1 is 1.50 bits per heavy atom. The topological polar surface area (TPSA) is 29.5 Å². The van der Waals surface area contributed by atoms with Crippen molar-refractivity contribution >= 4 is 6.09 Å². The molecule has 1 heterocycles. The fourth-order valence-electron chi connectivity index (χ4n) is 1.55. The van der Waals surface area contributed by atoms with E-state index in [9.17, 15) is 4.79 Å². The maximum absolute atomic E-state index is 11.6. The van der Waals surface area contributed by atoms with Crippen LogP contribution >= 0.6 is 0 Å². The molecule has 1 saturated heterocycles. The number of hydrogen-bond donors (Lipinski definition) is 0. The number of rotatable bonds is 1. The van der Waals surface area contributed by atoms with Crippen LogP contribution in [0.5, 0.6) is 0 Å². The summed E-state index contributed by atoms with van der Waals surface area (Å²) in [5.41, 5.74) is -0.358. The van der Waals surface area contributed by atoms with Gasteiger partial charge in [-0.25, -0.2) is 0 Å². The normalized spacial score (nSPS) is 22.0. The maximum atomic E-state index is 11.6. The summed E-state index contributed by atoms with van der Waals surface area (Å²) in [7, 11) is 0. The van der Waals surface area contributed by atoms with Gasteiger partial charge in [-0.05, 0) is 0 Å². The van der Waals surface area contributed by atoms with E-state index >= 15 is 0 Å². The molecular formula is C10H19NO2Y. The molecule has 0 saturated carbocycles. The van der Waals surface area contributed by atoms with Gasteiger partial charge in [0.05, 0.1) is 0 Å². The minimum atomic E-state index is -0.376. The van der Waals surface area contributed by atoms with Gasteiger partial charge in [-0.1, -0.05) is 0 Å². The van der Waals surface area contributed by atoms with Gasteiger partial charge in [0.15, 0.2) is 0 Å². The molecule has 0 aliphatic carbocycles. The third-order valence-electron chi connectivity index (χ3n) is 2.35. The molecule has 3 nitrogen and oxygen atoms in total. The van der Waals surface area contributed by atoms with Crippen molar-refractivity contribution in [3.63, 3.8) is 0 Å². The summed E-state index contributed by atoms with van der Waals surface area (Å²) in [4.78, 5) is 13.5. The van der Waals surface area contributed by atoms with Gasteiger partial charge >= 0.3 is 102 Å². The van der Waals surface area contributed by atoms with Crippen LogP contribution in [0.25, 0.3) is 0 Å². The van der Waals surface area contributed by atoms with Crippen LogP contribution in [-0.2, 0) is 33.9 Å². The van der Waals surface area contributed by atoms with Crippen LogP contribution in [0, 0.1) is 0 Å². The molecule has 1 fully saturated rings. The molecule has 0 N–H and O–H groups in total. The Morgan fingerprint density at radius 2 is 2.14 bits per heavy atom. The molecule has 1 aliphatic heterocycles. The van der Waals surface area contributed by atoms with Crippen LogP contribution in [-0.4, -0.2) is 29.7 Å². The summed E-state index contributed by atoms with van der Waals surface area (Å²) >= 11 is -0.376. The standard InChI is InChI=1S/C9H16NO2.CH3.Y/c1-9(2,3)12-8(11)10-6-4-5-7-10;;/h4H,5-7H2,1-3H3;1H3;. The van der Waals surface area contributed by atoms with Crippen molar-refractivity contribution in [3.8, 4) is 0 Å². The summed E-state index contributed by atoms with van der Waals surface area (Å²) in [6.07, 6.45) is 1.08. The predicted molar refractivity (Wildman–Crippen MR) is 52.0 cm³/mol. The van der Waals surface area contributed by atoms with E-state index in [-0.39, 0.29) is 40.9 Å². The fourth-order valence-corrected chi connectivity index (χ4v) is 3.88. The molecule has 1 unspecified atom stereocenters. The molecule has 1 atom stereocenters. The number of carbonyl (C=O) groups is 1. The van der Waals surface area contributed by atoms with E-state index in [1.54, 1.807) is 0 Å². The number of ether oxygens (including phenoxy) is 1. The molecule has 0 aromatic rings. The molecule has 1 aliphatic rings. The molecule has 0 bridgehead atoms. The fraction of sp³-hybridized carbons (Fsp3) is 0.900. The molecule has 1 rings (SSSR count). The van der Waals surface area contributed by atoms with Crippen LogP contribution in [0.3, 0.4) is 0 Å². The predicted octanol–water partition coefficient (Wildman–Crippen LogP) is 2.55. The molecule has 4 heteroatoms. The first-order valence-corrected chi connectivity index (χ1v) is 9.67. The van der Waals surface area contributed by atoms with Crippen molar-refractivity contribution in [2.24, 2.45) is 0 Å². The Labute approximate surface area is 102 Å². The van der Waals surface area contributed by atoms with E-state index < -0.39 is 0 Å². The van der Waals surface area contributed by atoms with Crippen molar-refractivity contribution < 1.29 is 38.7 Å². The Morgan fingerprint density at radius 3 is 2.57 bits per heavy atom. The first-order chi connectivity index (χ1) is 6.42. The van der Waals surface area contributed by atoms with Crippen LogP contribution in [0.4, 0.5) is 4.79 Å². The van der Waals surface area contributed by atoms with E-state index in [1.165, 1.54) is 6.42 Å². The molecule has 14 heavy (non-hydrogen) atoms. The average molecular weight is 274 g/mol. The molecule has 1 amide bonds.